The molecule has 0 fully saturated rings. The molecule has 2 rings (SSSR count). The minimum atomic E-state index is -0.315. The van der Waals surface area contributed by atoms with Crippen LogP contribution in [-0.4, -0.2) is 17.4 Å². The van der Waals surface area contributed by atoms with Crippen molar-refractivity contribution in [2.75, 3.05) is 11.4 Å². The molecular weight excluding hydrogens is 299 g/mol. The average Bonchev–Trinajstić information content (AvgIpc) is 2.79. The summed E-state index contributed by atoms with van der Waals surface area (Å²) in [6, 6.07) is 7.59. The molecule has 0 radical (unpaired) electrons. The van der Waals surface area contributed by atoms with Crippen LogP contribution >= 0.6 is 15.9 Å². The number of aromatic nitrogens is 1. The molecule has 0 aliphatic carbocycles. The number of hydrogen-bond acceptors (Lipinski definition) is 1. The number of H-pyrrole nitrogens is 1. The molecule has 0 saturated heterocycles. The van der Waals surface area contributed by atoms with E-state index in [1.807, 2.05) is 6.92 Å². The van der Waals surface area contributed by atoms with E-state index in [0.717, 1.165) is 4.47 Å². The fourth-order valence-corrected chi connectivity index (χ4v) is 2.04. The fraction of sp³-hybridized carbons (Fsp3) is 0.154. The Labute approximate surface area is 113 Å². The second-order valence-electron chi connectivity index (χ2n) is 3.76. The lowest BCUT2D eigenvalue weighted by Crippen LogP contribution is -2.30. The largest absolute Gasteiger partial charge is 0.356 e. The van der Waals surface area contributed by atoms with E-state index in [1.54, 1.807) is 29.3 Å². The summed E-state index contributed by atoms with van der Waals surface area (Å²) in [5.74, 6) is -0.459. The molecular formula is C13H12BrFN2O. The van der Waals surface area contributed by atoms with Crippen LogP contribution in [0, 0.1) is 5.82 Å². The molecule has 0 unspecified atom stereocenters. The molecule has 0 spiro atoms. The molecule has 1 aromatic heterocycles. The van der Waals surface area contributed by atoms with Gasteiger partial charge in [-0.3, -0.25) is 4.79 Å². The summed E-state index contributed by atoms with van der Waals surface area (Å²) < 4.78 is 13.7. The first kappa shape index (κ1) is 12.8. The highest BCUT2D eigenvalue weighted by atomic mass is 79.9. The smallest absolute Gasteiger partial charge is 0.274 e. The molecule has 0 saturated carbocycles. The van der Waals surface area contributed by atoms with E-state index < -0.39 is 0 Å². The number of nitrogens with zero attached hydrogens (tertiary/aromatic N) is 1. The molecule has 0 aliphatic heterocycles. The van der Waals surface area contributed by atoms with E-state index in [1.165, 1.54) is 12.1 Å². The predicted molar refractivity (Wildman–Crippen MR) is 72.2 cm³/mol. The third-order valence-corrected chi connectivity index (χ3v) is 3.04. The highest BCUT2D eigenvalue weighted by molar-refractivity contribution is 9.10. The van der Waals surface area contributed by atoms with Gasteiger partial charge in [0, 0.05) is 22.9 Å². The van der Waals surface area contributed by atoms with Gasteiger partial charge in [-0.05, 0) is 53.2 Å². The summed E-state index contributed by atoms with van der Waals surface area (Å²) in [5, 5.41) is 0. The first-order valence-electron chi connectivity index (χ1n) is 5.53. The Morgan fingerprint density at radius 3 is 2.56 bits per heavy atom. The summed E-state index contributed by atoms with van der Waals surface area (Å²) in [4.78, 5) is 16.7. The second-order valence-corrected chi connectivity index (χ2v) is 4.67. The van der Waals surface area contributed by atoms with E-state index in [0.29, 0.717) is 17.9 Å². The number of aromatic amines is 1. The molecule has 94 valence electrons. The van der Waals surface area contributed by atoms with Crippen molar-refractivity contribution >= 4 is 27.5 Å². The summed E-state index contributed by atoms with van der Waals surface area (Å²) in [6.45, 7) is 2.39. The third-order valence-electron chi connectivity index (χ3n) is 2.58. The van der Waals surface area contributed by atoms with E-state index in [9.17, 15) is 9.18 Å². The van der Waals surface area contributed by atoms with Crippen molar-refractivity contribution in [2.45, 2.75) is 6.92 Å². The molecule has 1 amide bonds. The van der Waals surface area contributed by atoms with Gasteiger partial charge >= 0.3 is 0 Å². The van der Waals surface area contributed by atoms with Crippen LogP contribution in [-0.2, 0) is 0 Å². The van der Waals surface area contributed by atoms with Crippen molar-refractivity contribution < 1.29 is 9.18 Å². The Kier molecular flexibility index (Phi) is 3.81. The molecule has 1 aromatic carbocycles. The standard InChI is InChI=1S/C13H12BrFN2O/c1-2-17(11-5-3-10(15)4-6-11)13(18)12-7-9(14)8-16-12/h3-8,16H,2H2,1H3. The number of carbonyl (C=O) groups excluding carboxylic acids is 1. The number of rotatable bonds is 3. The summed E-state index contributed by atoms with van der Waals surface area (Å²) in [7, 11) is 0. The minimum absolute atomic E-state index is 0.144. The summed E-state index contributed by atoms with van der Waals surface area (Å²) in [5.41, 5.74) is 1.17. The van der Waals surface area contributed by atoms with E-state index in [4.69, 9.17) is 0 Å². The number of anilines is 1. The third kappa shape index (κ3) is 2.61. The number of halogens is 2. The van der Waals surface area contributed by atoms with Crippen molar-refractivity contribution in [1.29, 1.82) is 0 Å². The lowest BCUT2D eigenvalue weighted by molar-refractivity contribution is 0.0984. The maximum absolute atomic E-state index is 12.9. The monoisotopic (exact) mass is 310 g/mol. The summed E-state index contributed by atoms with van der Waals surface area (Å²) in [6.07, 6.45) is 1.70. The van der Waals surface area contributed by atoms with Crippen molar-refractivity contribution in [2.24, 2.45) is 0 Å². The van der Waals surface area contributed by atoms with E-state index in [2.05, 4.69) is 20.9 Å². The van der Waals surface area contributed by atoms with Gasteiger partial charge in [-0.15, -0.1) is 0 Å². The van der Waals surface area contributed by atoms with Gasteiger partial charge in [0.1, 0.15) is 11.5 Å². The molecule has 0 atom stereocenters. The average molecular weight is 311 g/mol. The Hall–Kier alpha value is -1.62. The fourth-order valence-electron chi connectivity index (χ4n) is 1.70. The van der Waals surface area contributed by atoms with Crippen molar-refractivity contribution in [1.82, 2.24) is 4.98 Å². The lowest BCUT2D eigenvalue weighted by atomic mass is 10.2. The molecule has 0 aliphatic rings. The maximum Gasteiger partial charge on any atom is 0.274 e. The SMILES string of the molecule is CCN(C(=O)c1cc(Br)c[nH]1)c1ccc(F)cc1. The van der Waals surface area contributed by atoms with Crippen LogP contribution in [0.4, 0.5) is 10.1 Å². The van der Waals surface area contributed by atoms with Gasteiger partial charge < -0.3 is 9.88 Å². The first-order chi connectivity index (χ1) is 8.61. The molecule has 0 bridgehead atoms. The zero-order chi connectivity index (χ0) is 13.1. The number of benzene rings is 1. The zero-order valence-electron chi connectivity index (χ0n) is 9.78. The Morgan fingerprint density at radius 2 is 2.06 bits per heavy atom. The van der Waals surface area contributed by atoms with Gasteiger partial charge in [-0.1, -0.05) is 0 Å². The minimum Gasteiger partial charge on any atom is -0.356 e. The van der Waals surface area contributed by atoms with E-state index in [-0.39, 0.29) is 11.7 Å². The van der Waals surface area contributed by atoms with Crippen LogP contribution in [0.5, 0.6) is 0 Å². The number of carbonyl (C=O) groups is 1. The van der Waals surface area contributed by atoms with Gasteiger partial charge in [0.2, 0.25) is 0 Å². The van der Waals surface area contributed by atoms with Gasteiger partial charge in [0.05, 0.1) is 0 Å². The van der Waals surface area contributed by atoms with Crippen LogP contribution in [0.1, 0.15) is 17.4 Å². The lowest BCUT2D eigenvalue weighted by Gasteiger charge is -2.20. The van der Waals surface area contributed by atoms with Crippen molar-refractivity contribution in [3.63, 3.8) is 0 Å². The molecule has 1 N–H and O–H groups in total. The van der Waals surface area contributed by atoms with Gasteiger partial charge in [-0.2, -0.15) is 0 Å². The maximum atomic E-state index is 12.9. The van der Waals surface area contributed by atoms with Crippen LogP contribution < -0.4 is 4.90 Å². The van der Waals surface area contributed by atoms with Gasteiger partial charge in [0.15, 0.2) is 0 Å². The Bertz CT molecular complexity index is 550. The van der Waals surface area contributed by atoms with Crippen molar-refractivity contribution in [3.05, 3.63) is 52.5 Å². The molecule has 1 heterocycles. The molecule has 3 nitrogen and oxygen atoms in total. The Balaban J connectivity index is 2.28. The molecule has 5 heteroatoms. The van der Waals surface area contributed by atoms with Crippen LogP contribution in [0.25, 0.3) is 0 Å². The molecule has 18 heavy (non-hydrogen) atoms. The topological polar surface area (TPSA) is 36.1 Å². The van der Waals surface area contributed by atoms with Crippen LogP contribution in [0.2, 0.25) is 0 Å². The van der Waals surface area contributed by atoms with Gasteiger partial charge in [-0.25, -0.2) is 4.39 Å². The van der Waals surface area contributed by atoms with Crippen LogP contribution in [0.15, 0.2) is 41.0 Å². The Morgan fingerprint density at radius 1 is 1.39 bits per heavy atom. The first-order valence-corrected chi connectivity index (χ1v) is 6.32. The highest BCUT2D eigenvalue weighted by Crippen LogP contribution is 2.19. The number of hydrogen-bond donors (Lipinski definition) is 1. The number of amides is 1. The normalized spacial score (nSPS) is 10.4. The highest BCUT2D eigenvalue weighted by Gasteiger charge is 2.17. The van der Waals surface area contributed by atoms with E-state index >= 15 is 0 Å². The zero-order valence-corrected chi connectivity index (χ0v) is 11.4. The van der Waals surface area contributed by atoms with Crippen LogP contribution in [0.3, 0.4) is 0 Å². The van der Waals surface area contributed by atoms with Crippen molar-refractivity contribution in [3.8, 4) is 0 Å². The summed E-state index contributed by atoms with van der Waals surface area (Å²) >= 11 is 3.29. The predicted octanol–water partition coefficient (Wildman–Crippen LogP) is 3.58. The quantitative estimate of drug-likeness (QED) is 0.924. The molecule has 2 aromatic rings. The van der Waals surface area contributed by atoms with Gasteiger partial charge in [0.25, 0.3) is 5.91 Å². The second kappa shape index (κ2) is 5.35. The number of nitrogens with one attached hydrogen (secondary N) is 1.